The van der Waals surface area contributed by atoms with Gasteiger partial charge < -0.3 is 19.1 Å². The van der Waals surface area contributed by atoms with Crippen LogP contribution in [0.1, 0.15) is 129 Å². The van der Waals surface area contributed by atoms with Crippen LogP contribution in [-0.2, 0) is 48.1 Å². The molecule has 0 amide bonds. The van der Waals surface area contributed by atoms with Gasteiger partial charge >= 0.3 is 0 Å². The van der Waals surface area contributed by atoms with Crippen molar-refractivity contribution in [1.29, 1.82) is 0 Å². The Morgan fingerprint density at radius 2 is 1.03 bits per heavy atom. The van der Waals surface area contributed by atoms with Gasteiger partial charge in [0.1, 0.15) is 5.82 Å². The standard InChI is InChI=1S/C62H65N4O.Pt/c1-58(2,3)44-24-26-53-54-27-25-51(40-56(54)66(55(53)37-44)57-38-45(28-29-63-57)59(4,5)6)67-52-36-46(60(7,8)9)33-50(39-52)65-31-30-64(41-65)49-34-47(61(10,11)42-20-16-14-17-21-42)32-48(35-49)62(12,13)43-22-18-15-19-23-43;/h14-38,41H,1-13H3;/q-3;. The number of rotatable bonds is 9. The van der Waals surface area contributed by atoms with Crippen LogP contribution in [0.3, 0.4) is 0 Å². The first kappa shape index (κ1) is 48.6. The van der Waals surface area contributed by atoms with Gasteiger partial charge in [0.2, 0.25) is 0 Å². The molecule has 0 saturated heterocycles. The normalized spacial score (nSPS) is 13.7. The van der Waals surface area contributed by atoms with E-state index in [1.54, 1.807) is 0 Å². The summed E-state index contributed by atoms with van der Waals surface area (Å²) in [5.41, 5.74) is 12.0. The molecule has 2 aromatic heterocycles. The molecule has 0 unspecified atom stereocenters. The zero-order valence-electron chi connectivity index (χ0n) is 42.0. The molecule has 5 nitrogen and oxygen atoms in total. The molecule has 0 spiro atoms. The Morgan fingerprint density at radius 3 is 1.62 bits per heavy atom. The minimum absolute atomic E-state index is 0. The number of benzene rings is 6. The van der Waals surface area contributed by atoms with Crippen LogP contribution in [0.4, 0.5) is 11.4 Å². The van der Waals surface area contributed by atoms with E-state index in [-0.39, 0.29) is 48.1 Å². The van der Waals surface area contributed by atoms with E-state index in [0.717, 1.165) is 44.6 Å². The van der Waals surface area contributed by atoms with Crippen molar-refractivity contribution in [1.82, 2.24) is 9.55 Å². The molecule has 0 saturated carbocycles. The van der Waals surface area contributed by atoms with Gasteiger partial charge in [-0.15, -0.1) is 53.6 Å². The Bertz CT molecular complexity index is 3070. The van der Waals surface area contributed by atoms with Crippen molar-refractivity contribution in [3.05, 3.63) is 210 Å². The molecular formula is C62H65N4OPt-3. The van der Waals surface area contributed by atoms with E-state index in [2.05, 4.69) is 263 Å². The maximum Gasteiger partial charge on any atom is 0.135 e. The van der Waals surface area contributed by atoms with Crippen LogP contribution in [0.25, 0.3) is 27.6 Å². The van der Waals surface area contributed by atoms with Gasteiger partial charge in [-0.05, 0) is 97.7 Å². The summed E-state index contributed by atoms with van der Waals surface area (Å²) in [7, 11) is 0. The van der Waals surface area contributed by atoms with Gasteiger partial charge in [-0.2, -0.15) is 6.07 Å². The average molecular weight is 1080 g/mol. The first-order valence-electron chi connectivity index (χ1n) is 23.7. The number of pyridine rings is 1. The third kappa shape index (κ3) is 9.44. The summed E-state index contributed by atoms with van der Waals surface area (Å²) < 4.78 is 9.10. The Hall–Kier alpha value is -5.90. The van der Waals surface area contributed by atoms with Gasteiger partial charge in [0.25, 0.3) is 0 Å². The molecule has 0 aliphatic carbocycles. The number of fused-ring (bicyclic) bond motifs is 3. The second-order valence-electron chi connectivity index (χ2n) is 22.5. The van der Waals surface area contributed by atoms with Gasteiger partial charge in [-0.25, -0.2) is 4.98 Å². The summed E-state index contributed by atoms with van der Waals surface area (Å²) in [5, 5.41) is 2.26. The van der Waals surface area contributed by atoms with Crippen molar-refractivity contribution in [2.24, 2.45) is 0 Å². The van der Waals surface area contributed by atoms with Gasteiger partial charge in [-0.1, -0.05) is 174 Å². The Morgan fingerprint density at radius 1 is 0.471 bits per heavy atom. The van der Waals surface area contributed by atoms with Crippen molar-refractivity contribution in [3.8, 4) is 17.3 Å². The summed E-state index contributed by atoms with van der Waals surface area (Å²) in [6, 6.07) is 55.8. The van der Waals surface area contributed by atoms with Crippen molar-refractivity contribution >= 4 is 33.2 Å². The van der Waals surface area contributed by atoms with Gasteiger partial charge in [-0.3, -0.25) is 0 Å². The number of hydrogen-bond donors (Lipinski definition) is 0. The minimum atomic E-state index is -0.236. The van der Waals surface area contributed by atoms with Crippen LogP contribution in [0.5, 0.6) is 11.5 Å². The first-order chi connectivity index (χ1) is 31.6. The average Bonchev–Trinajstić information content (AvgIpc) is 3.92. The van der Waals surface area contributed by atoms with Crippen LogP contribution in [-0.4, -0.2) is 9.55 Å². The second kappa shape index (κ2) is 17.9. The Balaban J connectivity index is 0.00000625. The molecule has 0 N–H and O–H groups in total. The predicted molar refractivity (Wildman–Crippen MR) is 281 cm³/mol. The molecule has 1 aliphatic rings. The van der Waals surface area contributed by atoms with Gasteiger partial charge in [0, 0.05) is 60.8 Å². The van der Waals surface area contributed by atoms with Gasteiger partial charge in [0.05, 0.1) is 0 Å². The minimum Gasteiger partial charge on any atom is -0.509 e. The molecule has 352 valence electrons. The van der Waals surface area contributed by atoms with Crippen LogP contribution >= 0.6 is 0 Å². The third-order valence-corrected chi connectivity index (χ3v) is 13.8. The topological polar surface area (TPSA) is 33.5 Å². The fourth-order valence-corrected chi connectivity index (χ4v) is 9.14. The van der Waals surface area contributed by atoms with E-state index in [1.807, 2.05) is 12.3 Å². The van der Waals surface area contributed by atoms with E-state index < -0.39 is 0 Å². The van der Waals surface area contributed by atoms with E-state index in [4.69, 9.17) is 9.72 Å². The number of nitrogens with zero attached hydrogens (tertiary/aromatic N) is 4. The summed E-state index contributed by atoms with van der Waals surface area (Å²) in [6.45, 7) is 31.7. The van der Waals surface area contributed by atoms with E-state index in [0.29, 0.717) is 11.5 Å². The van der Waals surface area contributed by atoms with Crippen molar-refractivity contribution in [3.63, 3.8) is 0 Å². The molecule has 1 aliphatic heterocycles. The summed E-state index contributed by atoms with van der Waals surface area (Å²) in [4.78, 5) is 9.33. The molecule has 6 aromatic carbocycles. The fraction of sp³-hybridized carbons (Fsp3) is 0.290. The zero-order valence-corrected chi connectivity index (χ0v) is 44.3. The van der Waals surface area contributed by atoms with Gasteiger partial charge in [0.15, 0.2) is 0 Å². The Kier molecular flexibility index (Phi) is 12.8. The summed E-state index contributed by atoms with van der Waals surface area (Å²) >= 11 is 0. The zero-order chi connectivity index (χ0) is 47.7. The first-order valence-corrected chi connectivity index (χ1v) is 23.7. The van der Waals surface area contributed by atoms with E-state index in [1.165, 1.54) is 33.4 Å². The molecule has 68 heavy (non-hydrogen) atoms. The van der Waals surface area contributed by atoms with Crippen molar-refractivity contribution in [2.45, 2.75) is 117 Å². The van der Waals surface area contributed by atoms with Crippen LogP contribution < -0.4 is 14.5 Å². The third-order valence-electron chi connectivity index (χ3n) is 13.8. The molecule has 0 radical (unpaired) electrons. The number of anilines is 2. The molecule has 0 atom stereocenters. The maximum absolute atomic E-state index is 6.84. The van der Waals surface area contributed by atoms with Crippen LogP contribution in [0.15, 0.2) is 152 Å². The fourth-order valence-electron chi connectivity index (χ4n) is 9.14. The molecule has 6 heteroatoms. The van der Waals surface area contributed by atoms with E-state index >= 15 is 0 Å². The predicted octanol–water partition coefficient (Wildman–Crippen LogP) is 16.0. The Labute approximate surface area is 420 Å². The molecule has 0 fully saturated rings. The van der Waals surface area contributed by atoms with Crippen LogP contribution in [0.2, 0.25) is 0 Å². The number of hydrogen-bond acceptors (Lipinski definition) is 4. The van der Waals surface area contributed by atoms with Crippen molar-refractivity contribution < 1.29 is 25.8 Å². The summed E-state index contributed by atoms with van der Waals surface area (Å²) in [6.07, 6.45) is 6.17. The monoisotopic (exact) mass is 1080 g/mol. The largest absolute Gasteiger partial charge is 0.509 e. The SMILES string of the molecule is CC(C)(C)c1cc(Oc2[c-]c3c(cc2)c2ccc(C(C)(C)C)cc2n3-c2cc(C(C)(C)C)ccn2)[c-]c(N2C=CN(c3cc(C(C)(C)c4ccccc4)cc(C(C)(C)c4ccccc4)c3)[CH-]2)c1.[Pt]. The molecular weight excluding hydrogens is 1010 g/mol. The van der Waals surface area contributed by atoms with Crippen molar-refractivity contribution in [2.75, 3.05) is 9.80 Å². The summed E-state index contributed by atoms with van der Waals surface area (Å²) in [5.74, 6) is 2.10. The quantitative estimate of drug-likeness (QED) is 0.135. The number of aromatic nitrogens is 2. The van der Waals surface area contributed by atoms with Crippen LogP contribution in [0, 0.1) is 18.8 Å². The number of ether oxygens (including phenoxy) is 1. The molecule has 9 rings (SSSR count). The molecule has 3 heterocycles. The smallest absolute Gasteiger partial charge is 0.135 e. The molecule has 0 bridgehead atoms. The van der Waals surface area contributed by atoms with E-state index in [9.17, 15) is 0 Å². The maximum atomic E-state index is 6.84. The second-order valence-corrected chi connectivity index (χ2v) is 22.5. The molecule has 8 aromatic rings.